The maximum atomic E-state index is 15.4. The molecular weight excluding hydrogens is 525 g/mol. The van der Waals surface area contributed by atoms with Gasteiger partial charge in [0.15, 0.2) is 11.6 Å². The smallest absolute Gasteiger partial charge is 0.166 e. The van der Waals surface area contributed by atoms with Crippen LogP contribution < -0.4 is 0 Å². The quantitative estimate of drug-likeness (QED) is 0.212. The van der Waals surface area contributed by atoms with Gasteiger partial charge in [-0.3, -0.25) is 0 Å². The van der Waals surface area contributed by atoms with Crippen molar-refractivity contribution in [2.45, 2.75) is 103 Å². The number of aryl methyl sites for hydroxylation is 1. The van der Waals surface area contributed by atoms with Gasteiger partial charge in [-0.05, 0) is 123 Å². The van der Waals surface area contributed by atoms with Crippen LogP contribution in [0.5, 0.6) is 0 Å². The van der Waals surface area contributed by atoms with Gasteiger partial charge in [0.25, 0.3) is 0 Å². The van der Waals surface area contributed by atoms with E-state index in [1.54, 1.807) is 42.5 Å². The normalized spacial score (nSPS) is 23.0. The Balaban J connectivity index is 1.18. The molecule has 0 radical (unpaired) electrons. The Morgan fingerprint density at radius 3 is 1.95 bits per heavy atom. The topological polar surface area (TPSA) is 0 Å². The molecule has 0 nitrogen and oxygen atoms in total. The highest BCUT2D eigenvalue weighted by Gasteiger charge is 2.31. The highest BCUT2D eigenvalue weighted by Crippen LogP contribution is 2.45. The molecule has 3 aromatic carbocycles. The lowest BCUT2D eigenvalue weighted by atomic mass is 9.68. The molecule has 224 valence electrons. The second kappa shape index (κ2) is 14.6. The van der Waals surface area contributed by atoms with Gasteiger partial charge in [0, 0.05) is 11.1 Å². The number of allylic oxidation sites excluding steroid dienone is 2. The van der Waals surface area contributed by atoms with Gasteiger partial charge in [-0.2, -0.15) is 0 Å². The molecule has 0 unspecified atom stereocenters. The zero-order valence-electron chi connectivity index (χ0n) is 25.5. The summed E-state index contributed by atoms with van der Waals surface area (Å²) in [5.74, 6) is 1.29. The monoisotopic (exact) mass is 572 g/mol. The number of unbranched alkanes of at least 4 members (excludes halogenated alkanes) is 1. The van der Waals surface area contributed by atoms with Crippen molar-refractivity contribution in [3.63, 3.8) is 0 Å². The predicted molar refractivity (Wildman–Crippen MR) is 170 cm³/mol. The number of benzene rings is 3. The van der Waals surface area contributed by atoms with E-state index in [1.807, 2.05) is 13.0 Å². The minimum atomic E-state index is -0.811. The molecular formula is C39H47F3. The van der Waals surface area contributed by atoms with Gasteiger partial charge < -0.3 is 0 Å². The third kappa shape index (κ3) is 7.21. The zero-order chi connectivity index (χ0) is 29.5. The third-order valence-electron chi connectivity index (χ3n) is 10.2. The first-order valence-corrected chi connectivity index (χ1v) is 16.5. The Hall–Kier alpha value is -2.81. The summed E-state index contributed by atoms with van der Waals surface area (Å²) in [5, 5.41) is 0. The maximum absolute atomic E-state index is 15.4. The molecule has 3 aromatic rings. The molecule has 0 aliphatic heterocycles. The molecule has 42 heavy (non-hydrogen) atoms. The number of hydrogen-bond donors (Lipinski definition) is 0. The number of hydrogen-bond acceptors (Lipinski definition) is 0. The van der Waals surface area contributed by atoms with Crippen LogP contribution in [0.3, 0.4) is 0 Å². The van der Waals surface area contributed by atoms with Crippen LogP contribution in [0.2, 0.25) is 0 Å². The molecule has 3 heteroatoms. The predicted octanol–water partition coefficient (Wildman–Crippen LogP) is 12.2. The summed E-state index contributed by atoms with van der Waals surface area (Å²) in [7, 11) is 0. The van der Waals surface area contributed by atoms with E-state index in [4.69, 9.17) is 0 Å². The van der Waals surface area contributed by atoms with Crippen molar-refractivity contribution in [1.29, 1.82) is 0 Å². The molecule has 0 amide bonds. The Labute approximate surface area is 251 Å². The average molecular weight is 573 g/mol. The second-order valence-corrected chi connectivity index (χ2v) is 12.9. The van der Waals surface area contributed by atoms with E-state index in [0.717, 1.165) is 54.6 Å². The first-order valence-electron chi connectivity index (χ1n) is 16.5. The van der Waals surface area contributed by atoms with Gasteiger partial charge in [-0.15, -0.1) is 0 Å². The largest absolute Gasteiger partial charge is 0.206 e. The molecule has 0 atom stereocenters. The van der Waals surface area contributed by atoms with Gasteiger partial charge in [0.2, 0.25) is 0 Å². The molecule has 0 saturated heterocycles. The second-order valence-electron chi connectivity index (χ2n) is 12.9. The van der Waals surface area contributed by atoms with E-state index in [-0.39, 0.29) is 11.4 Å². The summed E-state index contributed by atoms with van der Waals surface area (Å²) >= 11 is 0. The molecule has 0 spiro atoms. The summed E-state index contributed by atoms with van der Waals surface area (Å²) in [6.07, 6.45) is 19.8. The summed E-state index contributed by atoms with van der Waals surface area (Å²) in [6.45, 7) is 4.14. The Bertz CT molecular complexity index is 1320. The number of halogens is 3. The van der Waals surface area contributed by atoms with E-state index in [0.29, 0.717) is 29.0 Å². The molecule has 2 saturated carbocycles. The Morgan fingerprint density at radius 1 is 0.714 bits per heavy atom. The fourth-order valence-electron chi connectivity index (χ4n) is 7.59. The van der Waals surface area contributed by atoms with Gasteiger partial charge in [0.05, 0.1) is 0 Å². The van der Waals surface area contributed by atoms with E-state index in [2.05, 4.69) is 25.1 Å². The lowest BCUT2D eigenvalue weighted by molar-refractivity contribution is 0.157. The van der Waals surface area contributed by atoms with Crippen molar-refractivity contribution in [3.05, 3.63) is 95.3 Å². The highest BCUT2D eigenvalue weighted by molar-refractivity contribution is 5.71. The van der Waals surface area contributed by atoms with Crippen LogP contribution in [-0.4, -0.2) is 0 Å². The van der Waals surface area contributed by atoms with Crippen molar-refractivity contribution in [2.75, 3.05) is 0 Å². The van der Waals surface area contributed by atoms with Crippen molar-refractivity contribution in [3.8, 4) is 22.3 Å². The summed E-state index contributed by atoms with van der Waals surface area (Å²) < 4.78 is 44.8. The van der Waals surface area contributed by atoms with E-state index in [9.17, 15) is 8.78 Å². The fourth-order valence-corrected chi connectivity index (χ4v) is 7.59. The minimum absolute atomic E-state index is 0.212. The van der Waals surface area contributed by atoms with Crippen LogP contribution in [0, 0.1) is 35.2 Å². The van der Waals surface area contributed by atoms with Crippen LogP contribution in [-0.2, 0) is 6.42 Å². The standard InChI is InChI=1S/C39H47F3/c1-3-5-7-8-27-10-12-28(13-11-27)29-14-16-30(17-15-29)34-23-24-35(37(40)26-34)31-18-20-32(21-19-31)36-25-22-33(9-6-4-2)38(41)39(36)42/h3,5,18-30H,4,6-17H2,1-2H3. The van der Waals surface area contributed by atoms with Crippen molar-refractivity contribution < 1.29 is 13.2 Å². The van der Waals surface area contributed by atoms with Crippen molar-refractivity contribution in [1.82, 2.24) is 0 Å². The molecule has 0 heterocycles. The molecule has 0 aromatic heterocycles. The van der Waals surface area contributed by atoms with Gasteiger partial charge in [0.1, 0.15) is 5.82 Å². The molecule has 2 aliphatic carbocycles. The van der Waals surface area contributed by atoms with E-state index in [1.165, 1.54) is 51.4 Å². The van der Waals surface area contributed by atoms with Crippen molar-refractivity contribution >= 4 is 0 Å². The lowest BCUT2D eigenvalue weighted by Gasteiger charge is -2.38. The molecule has 2 aliphatic rings. The van der Waals surface area contributed by atoms with Gasteiger partial charge in [-0.1, -0.05) is 86.9 Å². The Kier molecular flexibility index (Phi) is 10.6. The fraction of sp³-hybridized carbons (Fsp3) is 0.487. The molecule has 0 bridgehead atoms. The third-order valence-corrected chi connectivity index (χ3v) is 10.2. The Morgan fingerprint density at radius 2 is 1.33 bits per heavy atom. The van der Waals surface area contributed by atoms with Crippen LogP contribution >= 0.6 is 0 Å². The van der Waals surface area contributed by atoms with Crippen LogP contribution in [0.25, 0.3) is 22.3 Å². The molecule has 5 rings (SSSR count). The lowest BCUT2D eigenvalue weighted by Crippen LogP contribution is -2.25. The van der Waals surface area contributed by atoms with E-state index < -0.39 is 11.6 Å². The van der Waals surface area contributed by atoms with Crippen LogP contribution in [0.1, 0.15) is 108 Å². The summed E-state index contributed by atoms with van der Waals surface area (Å²) in [5.41, 5.74) is 3.65. The van der Waals surface area contributed by atoms with Gasteiger partial charge in [-0.25, -0.2) is 13.2 Å². The summed E-state index contributed by atoms with van der Waals surface area (Å²) in [4.78, 5) is 0. The highest BCUT2D eigenvalue weighted by atomic mass is 19.2. The van der Waals surface area contributed by atoms with E-state index >= 15 is 4.39 Å². The first kappa shape index (κ1) is 30.6. The van der Waals surface area contributed by atoms with Gasteiger partial charge >= 0.3 is 0 Å². The number of rotatable bonds is 10. The molecule has 0 N–H and O–H groups in total. The maximum Gasteiger partial charge on any atom is 0.166 e. The summed E-state index contributed by atoms with van der Waals surface area (Å²) in [6, 6.07) is 16.2. The SMILES string of the molecule is CC=CCCC1CCC(C2CCC(c3ccc(-c4ccc(-c5ccc(CCCC)c(F)c5F)cc4)c(F)c3)CC2)CC1. The molecule has 2 fully saturated rings. The van der Waals surface area contributed by atoms with Crippen molar-refractivity contribution in [2.24, 2.45) is 17.8 Å². The minimum Gasteiger partial charge on any atom is -0.206 e. The van der Waals surface area contributed by atoms with Crippen LogP contribution in [0.15, 0.2) is 66.7 Å². The first-order chi connectivity index (χ1) is 20.5. The average Bonchev–Trinajstić information content (AvgIpc) is 3.02. The zero-order valence-corrected chi connectivity index (χ0v) is 25.5. The van der Waals surface area contributed by atoms with Crippen LogP contribution in [0.4, 0.5) is 13.2 Å².